The highest BCUT2D eigenvalue weighted by atomic mass is 19.1. The standard InChI is InChI=1S/C27H31FN8/c1-18(2)34-11-13-35(14-12-34)25-16-21(15-22(28)17-25)26-9-10-29-27(32-26)31-23-5-7-24(8-6-23)36-20(4)30-19(3)33-36/h5-10,15-18H,11-14H2,1-4H3,(H,29,31,32). The molecule has 1 aliphatic heterocycles. The molecular formula is C27H31FN8. The summed E-state index contributed by atoms with van der Waals surface area (Å²) in [4.78, 5) is 18.1. The average Bonchev–Trinajstić information content (AvgIpc) is 3.22. The van der Waals surface area contributed by atoms with Crippen LogP contribution in [0.25, 0.3) is 16.9 Å². The molecule has 2 aromatic heterocycles. The predicted molar refractivity (Wildman–Crippen MR) is 140 cm³/mol. The van der Waals surface area contributed by atoms with E-state index in [4.69, 9.17) is 0 Å². The summed E-state index contributed by atoms with van der Waals surface area (Å²) in [6, 6.07) is 15.3. The van der Waals surface area contributed by atoms with Crippen molar-refractivity contribution in [3.05, 3.63) is 72.2 Å². The molecule has 1 saturated heterocycles. The van der Waals surface area contributed by atoms with Gasteiger partial charge in [-0.25, -0.2) is 24.0 Å². The lowest BCUT2D eigenvalue weighted by Crippen LogP contribution is -2.48. The van der Waals surface area contributed by atoms with E-state index >= 15 is 0 Å². The number of piperazine rings is 1. The summed E-state index contributed by atoms with van der Waals surface area (Å²) < 4.78 is 16.4. The maximum absolute atomic E-state index is 14.6. The third-order valence-electron chi connectivity index (χ3n) is 6.49. The average molecular weight is 487 g/mol. The zero-order valence-electron chi connectivity index (χ0n) is 21.1. The number of rotatable bonds is 6. The van der Waals surface area contributed by atoms with Gasteiger partial charge in [-0.15, -0.1) is 0 Å². The van der Waals surface area contributed by atoms with Crippen LogP contribution in [-0.4, -0.2) is 61.9 Å². The van der Waals surface area contributed by atoms with E-state index in [0.29, 0.717) is 17.7 Å². The summed E-state index contributed by atoms with van der Waals surface area (Å²) in [7, 11) is 0. The van der Waals surface area contributed by atoms with Gasteiger partial charge in [-0.2, -0.15) is 5.10 Å². The summed E-state index contributed by atoms with van der Waals surface area (Å²) in [5, 5.41) is 7.67. The lowest BCUT2D eigenvalue weighted by atomic mass is 10.1. The molecule has 1 aliphatic rings. The Kier molecular flexibility index (Phi) is 6.65. The van der Waals surface area contributed by atoms with Crippen molar-refractivity contribution in [3.8, 4) is 16.9 Å². The van der Waals surface area contributed by atoms with Crippen LogP contribution >= 0.6 is 0 Å². The van der Waals surface area contributed by atoms with Crippen LogP contribution in [0.4, 0.5) is 21.7 Å². The third-order valence-corrected chi connectivity index (χ3v) is 6.49. The van der Waals surface area contributed by atoms with Gasteiger partial charge in [0.15, 0.2) is 0 Å². The number of hydrogen-bond donors (Lipinski definition) is 1. The van der Waals surface area contributed by atoms with Gasteiger partial charge in [0, 0.05) is 55.4 Å². The van der Waals surface area contributed by atoms with E-state index in [9.17, 15) is 4.39 Å². The van der Waals surface area contributed by atoms with E-state index in [-0.39, 0.29) is 5.82 Å². The molecule has 0 amide bonds. The van der Waals surface area contributed by atoms with Crippen LogP contribution in [0.5, 0.6) is 0 Å². The van der Waals surface area contributed by atoms with Gasteiger partial charge in [0.05, 0.1) is 11.4 Å². The van der Waals surface area contributed by atoms with Crippen molar-refractivity contribution in [1.82, 2.24) is 29.6 Å². The van der Waals surface area contributed by atoms with E-state index in [1.54, 1.807) is 23.0 Å². The highest BCUT2D eigenvalue weighted by Crippen LogP contribution is 2.27. The molecule has 0 spiro atoms. The number of aromatic nitrogens is 5. The maximum Gasteiger partial charge on any atom is 0.227 e. The molecule has 0 radical (unpaired) electrons. The first-order valence-corrected chi connectivity index (χ1v) is 12.3. The number of nitrogens with zero attached hydrogens (tertiary/aromatic N) is 7. The number of nitrogens with one attached hydrogen (secondary N) is 1. The van der Waals surface area contributed by atoms with Gasteiger partial charge in [0.2, 0.25) is 5.95 Å². The Morgan fingerprint density at radius 3 is 2.31 bits per heavy atom. The van der Waals surface area contributed by atoms with Gasteiger partial charge in [0.25, 0.3) is 0 Å². The molecular weight excluding hydrogens is 455 g/mol. The molecule has 0 atom stereocenters. The number of anilines is 3. The Labute approximate surface area is 210 Å². The molecule has 5 rings (SSSR count). The number of benzene rings is 2. The van der Waals surface area contributed by atoms with Crippen molar-refractivity contribution in [1.29, 1.82) is 0 Å². The molecule has 186 valence electrons. The largest absolute Gasteiger partial charge is 0.369 e. The Morgan fingerprint density at radius 1 is 0.889 bits per heavy atom. The van der Waals surface area contributed by atoms with Crippen molar-refractivity contribution in [2.75, 3.05) is 36.4 Å². The second-order valence-corrected chi connectivity index (χ2v) is 9.37. The smallest absolute Gasteiger partial charge is 0.227 e. The summed E-state index contributed by atoms with van der Waals surface area (Å²) in [6.45, 7) is 11.9. The molecule has 1 N–H and O–H groups in total. The summed E-state index contributed by atoms with van der Waals surface area (Å²) >= 11 is 0. The first kappa shape index (κ1) is 23.9. The van der Waals surface area contributed by atoms with E-state index < -0.39 is 0 Å². The van der Waals surface area contributed by atoms with Crippen LogP contribution in [0.3, 0.4) is 0 Å². The van der Waals surface area contributed by atoms with Crippen LogP contribution in [0, 0.1) is 19.7 Å². The molecule has 0 saturated carbocycles. The van der Waals surface area contributed by atoms with Gasteiger partial charge in [-0.05, 0) is 76.2 Å². The first-order chi connectivity index (χ1) is 17.4. The maximum atomic E-state index is 14.6. The minimum absolute atomic E-state index is 0.267. The molecule has 0 aliphatic carbocycles. The molecule has 0 bridgehead atoms. The number of hydrogen-bond acceptors (Lipinski definition) is 7. The summed E-state index contributed by atoms with van der Waals surface area (Å²) in [6.07, 6.45) is 1.69. The lowest BCUT2D eigenvalue weighted by molar-refractivity contribution is 0.209. The molecule has 9 heteroatoms. The molecule has 4 aromatic rings. The van der Waals surface area contributed by atoms with Crippen molar-refractivity contribution in [2.45, 2.75) is 33.7 Å². The quantitative estimate of drug-likeness (QED) is 0.421. The van der Waals surface area contributed by atoms with Gasteiger partial charge in [0.1, 0.15) is 17.5 Å². The molecule has 2 aromatic carbocycles. The van der Waals surface area contributed by atoms with Crippen molar-refractivity contribution in [2.24, 2.45) is 0 Å². The van der Waals surface area contributed by atoms with E-state index in [2.05, 4.69) is 49.0 Å². The van der Waals surface area contributed by atoms with Crippen LogP contribution in [0.2, 0.25) is 0 Å². The minimum Gasteiger partial charge on any atom is -0.369 e. The van der Waals surface area contributed by atoms with E-state index in [1.165, 1.54) is 6.07 Å². The van der Waals surface area contributed by atoms with Gasteiger partial charge >= 0.3 is 0 Å². The monoisotopic (exact) mass is 486 g/mol. The third kappa shape index (κ3) is 5.21. The van der Waals surface area contributed by atoms with Crippen molar-refractivity contribution in [3.63, 3.8) is 0 Å². The molecule has 8 nitrogen and oxygen atoms in total. The molecule has 0 unspecified atom stereocenters. The molecule has 36 heavy (non-hydrogen) atoms. The Bertz CT molecular complexity index is 1340. The fraction of sp³-hybridized carbons (Fsp3) is 0.333. The van der Waals surface area contributed by atoms with Crippen LogP contribution in [0.15, 0.2) is 54.7 Å². The van der Waals surface area contributed by atoms with E-state index in [0.717, 1.165) is 60.5 Å². The van der Waals surface area contributed by atoms with E-state index in [1.807, 2.05) is 44.2 Å². The second-order valence-electron chi connectivity index (χ2n) is 9.37. The van der Waals surface area contributed by atoms with Crippen molar-refractivity contribution >= 4 is 17.3 Å². The second kappa shape index (κ2) is 10.0. The Hall–Kier alpha value is -3.85. The minimum atomic E-state index is -0.267. The Morgan fingerprint density at radius 2 is 1.64 bits per heavy atom. The summed E-state index contributed by atoms with van der Waals surface area (Å²) in [5.41, 5.74) is 4.05. The van der Waals surface area contributed by atoms with Gasteiger partial charge in [-0.1, -0.05) is 0 Å². The molecule has 1 fully saturated rings. The Balaban J connectivity index is 1.33. The number of halogens is 1. The first-order valence-electron chi connectivity index (χ1n) is 12.3. The predicted octanol–water partition coefficient (Wildman–Crippen LogP) is 4.75. The van der Waals surface area contributed by atoms with Crippen LogP contribution < -0.4 is 10.2 Å². The fourth-order valence-corrected chi connectivity index (χ4v) is 4.56. The van der Waals surface area contributed by atoms with Gasteiger partial charge in [-0.3, -0.25) is 4.90 Å². The normalized spacial score (nSPS) is 14.4. The topological polar surface area (TPSA) is 75.0 Å². The van der Waals surface area contributed by atoms with Crippen LogP contribution in [0.1, 0.15) is 25.5 Å². The molecule has 3 heterocycles. The SMILES string of the molecule is Cc1nc(C)n(-c2ccc(Nc3nccc(-c4cc(F)cc(N5CCN(C(C)C)CC5)c4)n3)cc2)n1. The lowest BCUT2D eigenvalue weighted by Gasteiger charge is -2.38. The highest BCUT2D eigenvalue weighted by Gasteiger charge is 2.20. The fourth-order valence-electron chi connectivity index (χ4n) is 4.56. The zero-order chi connectivity index (χ0) is 25.2. The number of aryl methyl sites for hydroxylation is 2. The zero-order valence-corrected chi connectivity index (χ0v) is 21.1. The summed E-state index contributed by atoms with van der Waals surface area (Å²) in [5.74, 6) is 1.75. The van der Waals surface area contributed by atoms with Crippen LogP contribution in [-0.2, 0) is 0 Å². The highest BCUT2D eigenvalue weighted by molar-refractivity contribution is 5.67. The van der Waals surface area contributed by atoms with Crippen molar-refractivity contribution < 1.29 is 4.39 Å². The van der Waals surface area contributed by atoms with Gasteiger partial charge < -0.3 is 10.2 Å².